The van der Waals surface area contributed by atoms with E-state index in [0.29, 0.717) is 17.3 Å². The molecule has 1 aliphatic rings. The predicted octanol–water partition coefficient (Wildman–Crippen LogP) is 3.95. The van der Waals surface area contributed by atoms with Gasteiger partial charge in [-0.15, -0.1) is 0 Å². The van der Waals surface area contributed by atoms with Crippen LogP contribution < -0.4 is 15.4 Å². The summed E-state index contributed by atoms with van der Waals surface area (Å²) in [7, 11) is 0. The summed E-state index contributed by atoms with van der Waals surface area (Å²) in [4.78, 5) is 28.5. The highest BCUT2D eigenvalue weighted by atomic mass is 19.4. The molecule has 0 aliphatic heterocycles. The van der Waals surface area contributed by atoms with Crippen molar-refractivity contribution in [2.24, 2.45) is 0 Å². The van der Waals surface area contributed by atoms with E-state index in [1.54, 1.807) is 12.1 Å². The number of aromatic nitrogens is 2. The molecule has 0 atom stereocenters. The molecule has 1 heterocycles. The third kappa shape index (κ3) is 7.74. The van der Waals surface area contributed by atoms with Crippen LogP contribution >= 0.6 is 0 Å². The summed E-state index contributed by atoms with van der Waals surface area (Å²) in [5, 5.41) is 9.83. The lowest BCUT2D eigenvalue weighted by Crippen LogP contribution is -2.45. The molecule has 1 saturated carbocycles. The van der Waals surface area contributed by atoms with Crippen molar-refractivity contribution in [1.82, 2.24) is 20.8 Å². The third-order valence-corrected chi connectivity index (χ3v) is 5.63. The van der Waals surface area contributed by atoms with E-state index in [0.717, 1.165) is 38.5 Å². The highest BCUT2D eigenvalue weighted by Crippen LogP contribution is 2.34. The smallest absolute Gasteiger partial charge is 0.422 e. The highest BCUT2D eigenvalue weighted by molar-refractivity contribution is 5.76. The minimum Gasteiger partial charge on any atom is -0.484 e. The molecular formula is C23H29F3N4O4. The van der Waals surface area contributed by atoms with Crippen LogP contribution in [0.4, 0.5) is 13.2 Å². The van der Waals surface area contributed by atoms with E-state index in [9.17, 15) is 22.8 Å². The molecule has 1 aliphatic carbocycles. The first-order valence-electron chi connectivity index (χ1n) is 11.3. The van der Waals surface area contributed by atoms with Crippen LogP contribution in [0.5, 0.6) is 5.75 Å². The van der Waals surface area contributed by atoms with Crippen LogP contribution in [0, 0.1) is 0 Å². The quantitative estimate of drug-likeness (QED) is 0.525. The molecule has 8 nitrogen and oxygen atoms in total. The standard InChI is InChI=1S/C23H29F3N4O4/c1-16(31)29-22(11-4-2-3-5-12-22)21-28-20(34-30-21)10-9-19(32)27-14-17-7-6-8-18(13-17)33-15-23(24,25)26/h6-8,13H,2-5,9-12,14-15H2,1H3,(H,27,32)(H,29,31). The second-order valence-electron chi connectivity index (χ2n) is 8.52. The van der Waals surface area contributed by atoms with E-state index >= 15 is 0 Å². The minimum atomic E-state index is -4.42. The molecule has 11 heteroatoms. The maximum Gasteiger partial charge on any atom is 0.422 e. The summed E-state index contributed by atoms with van der Waals surface area (Å²) in [5.74, 6) is 0.402. The first kappa shape index (κ1) is 25.5. The summed E-state index contributed by atoms with van der Waals surface area (Å²) in [5.41, 5.74) is -0.0374. The van der Waals surface area contributed by atoms with Crippen molar-refractivity contribution in [3.8, 4) is 5.75 Å². The van der Waals surface area contributed by atoms with Gasteiger partial charge in [0, 0.05) is 26.3 Å². The Hall–Kier alpha value is -3.11. The van der Waals surface area contributed by atoms with Gasteiger partial charge in [-0.3, -0.25) is 9.59 Å². The Kier molecular flexibility index (Phi) is 8.51. The number of aryl methyl sites for hydroxylation is 1. The van der Waals surface area contributed by atoms with Gasteiger partial charge in [-0.05, 0) is 30.5 Å². The molecule has 2 amide bonds. The SMILES string of the molecule is CC(=O)NC1(c2noc(CCC(=O)NCc3cccc(OCC(F)(F)F)c3)n2)CCCCCC1. The maximum atomic E-state index is 12.3. The van der Waals surface area contributed by atoms with E-state index in [4.69, 9.17) is 9.26 Å². The van der Waals surface area contributed by atoms with Gasteiger partial charge in [-0.1, -0.05) is 43.0 Å². The van der Waals surface area contributed by atoms with Crippen LogP contribution in [0.25, 0.3) is 0 Å². The van der Waals surface area contributed by atoms with Gasteiger partial charge >= 0.3 is 6.18 Å². The van der Waals surface area contributed by atoms with Crippen molar-refractivity contribution >= 4 is 11.8 Å². The van der Waals surface area contributed by atoms with E-state index in [1.165, 1.54) is 19.1 Å². The molecule has 1 fully saturated rings. The number of benzene rings is 1. The lowest BCUT2D eigenvalue weighted by Gasteiger charge is -2.30. The molecule has 0 unspecified atom stereocenters. The Labute approximate surface area is 195 Å². The average molecular weight is 483 g/mol. The second kappa shape index (κ2) is 11.3. The number of carbonyl (C=O) groups is 2. The first-order valence-corrected chi connectivity index (χ1v) is 11.3. The monoisotopic (exact) mass is 482 g/mol. The number of nitrogens with one attached hydrogen (secondary N) is 2. The van der Waals surface area contributed by atoms with Crippen LogP contribution in [0.1, 0.15) is 69.1 Å². The number of carbonyl (C=O) groups excluding carboxylic acids is 2. The van der Waals surface area contributed by atoms with Gasteiger partial charge < -0.3 is 19.9 Å². The zero-order valence-corrected chi connectivity index (χ0v) is 19.0. The molecule has 0 saturated heterocycles. The van der Waals surface area contributed by atoms with Gasteiger partial charge in [-0.25, -0.2) is 0 Å². The number of rotatable bonds is 9. The Morgan fingerprint density at radius 1 is 1.18 bits per heavy atom. The molecule has 0 bridgehead atoms. The van der Waals surface area contributed by atoms with Crippen molar-refractivity contribution in [1.29, 1.82) is 0 Å². The molecule has 3 rings (SSSR count). The van der Waals surface area contributed by atoms with Crippen molar-refractivity contribution in [2.75, 3.05) is 6.61 Å². The number of hydrogen-bond acceptors (Lipinski definition) is 6. The van der Waals surface area contributed by atoms with Crippen molar-refractivity contribution < 1.29 is 32.0 Å². The normalized spacial score (nSPS) is 15.9. The zero-order valence-electron chi connectivity index (χ0n) is 19.0. The van der Waals surface area contributed by atoms with Crippen LogP contribution in [0.3, 0.4) is 0 Å². The Morgan fingerprint density at radius 2 is 1.91 bits per heavy atom. The molecule has 0 radical (unpaired) electrons. The van der Waals surface area contributed by atoms with Crippen LogP contribution in [0.15, 0.2) is 28.8 Å². The number of nitrogens with zero attached hydrogens (tertiary/aromatic N) is 2. The van der Waals surface area contributed by atoms with Gasteiger partial charge in [0.2, 0.25) is 17.7 Å². The number of halogens is 3. The summed E-state index contributed by atoms with van der Waals surface area (Å²) >= 11 is 0. The summed E-state index contributed by atoms with van der Waals surface area (Å²) in [6.07, 6.45) is 1.45. The fraction of sp³-hybridized carbons (Fsp3) is 0.565. The topological polar surface area (TPSA) is 106 Å². The van der Waals surface area contributed by atoms with Crippen LogP contribution in [-0.4, -0.2) is 34.7 Å². The first-order chi connectivity index (χ1) is 16.2. The lowest BCUT2D eigenvalue weighted by atomic mass is 9.89. The van der Waals surface area contributed by atoms with Crippen molar-refractivity contribution in [3.63, 3.8) is 0 Å². The Morgan fingerprint density at radius 3 is 2.59 bits per heavy atom. The Balaban J connectivity index is 1.51. The van der Waals surface area contributed by atoms with Gasteiger partial charge in [0.05, 0.1) is 0 Å². The average Bonchev–Trinajstić information content (AvgIpc) is 3.14. The number of alkyl halides is 3. The number of amides is 2. The molecule has 1 aromatic heterocycles. The van der Waals surface area contributed by atoms with Crippen LogP contribution in [-0.2, 0) is 28.1 Å². The van der Waals surface area contributed by atoms with Gasteiger partial charge in [0.25, 0.3) is 0 Å². The van der Waals surface area contributed by atoms with Crippen molar-refractivity contribution in [2.45, 2.75) is 76.6 Å². The van der Waals surface area contributed by atoms with E-state index in [-0.39, 0.29) is 37.0 Å². The molecule has 0 spiro atoms. The number of hydrogen-bond donors (Lipinski definition) is 2. The van der Waals surface area contributed by atoms with Gasteiger partial charge in [0.15, 0.2) is 12.4 Å². The van der Waals surface area contributed by atoms with Gasteiger partial charge in [0.1, 0.15) is 11.3 Å². The van der Waals surface area contributed by atoms with E-state index in [2.05, 4.69) is 20.8 Å². The Bertz CT molecular complexity index is 969. The van der Waals surface area contributed by atoms with E-state index < -0.39 is 18.3 Å². The van der Waals surface area contributed by atoms with Crippen molar-refractivity contribution in [3.05, 3.63) is 41.5 Å². The molecule has 186 valence electrons. The molecular weight excluding hydrogens is 453 g/mol. The highest BCUT2D eigenvalue weighted by Gasteiger charge is 2.38. The van der Waals surface area contributed by atoms with Crippen LogP contribution in [0.2, 0.25) is 0 Å². The second-order valence-corrected chi connectivity index (χ2v) is 8.52. The summed E-state index contributed by atoms with van der Waals surface area (Å²) < 4.78 is 47.0. The largest absolute Gasteiger partial charge is 0.484 e. The number of ether oxygens (including phenoxy) is 1. The maximum absolute atomic E-state index is 12.3. The van der Waals surface area contributed by atoms with E-state index in [1.807, 2.05) is 0 Å². The summed E-state index contributed by atoms with van der Waals surface area (Å²) in [6.45, 7) is 0.233. The molecule has 34 heavy (non-hydrogen) atoms. The summed E-state index contributed by atoms with van der Waals surface area (Å²) in [6, 6.07) is 6.11. The lowest BCUT2D eigenvalue weighted by molar-refractivity contribution is -0.153. The predicted molar refractivity (Wildman–Crippen MR) is 116 cm³/mol. The molecule has 1 aromatic carbocycles. The fourth-order valence-corrected chi connectivity index (χ4v) is 4.04. The molecule has 2 N–H and O–H groups in total. The third-order valence-electron chi connectivity index (χ3n) is 5.63. The zero-order chi connectivity index (χ0) is 24.6. The fourth-order valence-electron chi connectivity index (χ4n) is 4.04. The van der Waals surface area contributed by atoms with Gasteiger partial charge in [-0.2, -0.15) is 18.2 Å². The molecule has 2 aromatic rings. The minimum absolute atomic E-state index is 0.0778.